The SMILES string of the molecule is CN(CCc1ccsc1CSCC(=O)O)c1cccc2cc(-c3nccs3)[nH]c12. The lowest BCUT2D eigenvalue weighted by atomic mass is 10.1. The molecule has 0 fully saturated rings. The number of thioether (sulfide) groups is 1. The summed E-state index contributed by atoms with van der Waals surface area (Å²) in [4.78, 5) is 22.2. The summed E-state index contributed by atoms with van der Waals surface area (Å²) in [6, 6.07) is 10.7. The second kappa shape index (κ2) is 9.02. The van der Waals surface area contributed by atoms with Gasteiger partial charge in [-0.1, -0.05) is 12.1 Å². The number of hydrogen-bond acceptors (Lipinski definition) is 6. The minimum atomic E-state index is -0.760. The first-order valence-corrected chi connectivity index (χ1v) is 12.1. The molecule has 0 unspecified atom stereocenters. The molecule has 5 nitrogen and oxygen atoms in total. The minimum Gasteiger partial charge on any atom is -0.481 e. The molecule has 0 aliphatic carbocycles. The Balaban J connectivity index is 1.47. The number of aliphatic carboxylic acids is 1. The van der Waals surface area contributed by atoms with Gasteiger partial charge in [-0.2, -0.15) is 0 Å². The second-order valence-corrected chi connectivity index (χ2v) is 9.57. The normalized spacial score (nSPS) is 11.2. The monoisotopic (exact) mass is 443 g/mol. The van der Waals surface area contributed by atoms with Crippen molar-refractivity contribution in [1.29, 1.82) is 0 Å². The van der Waals surface area contributed by atoms with E-state index in [-0.39, 0.29) is 5.75 Å². The maximum atomic E-state index is 10.7. The molecule has 4 aromatic rings. The van der Waals surface area contributed by atoms with Crippen LogP contribution >= 0.6 is 34.4 Å². The number of carboxylic acids is 1. The topological polar surface area (TPSA) is 69.2 Å². The first kappa shape index (κ1) is 20.0. The molecule has 3 aromatic heterocycles. The van der Waals surface area contributed by atoms with Gasteiger partial charge in [-0.05, 0) is 35.6 Å². The highest BCUT2D eigenvalue weighted by atomic mass is 32.2. The van der Waals surface area contributed by atoms with E-state index in [9.17, 15) is 4.79 Å². The number of hydrogen-bond donors (Lipinski definition) is 2. The van der Waals surface area contributed by atoms with Gasteiger partial charge in [0, 0.05) is 41.2 Å². The van der Waals surface area contributed by atoms with Gasteiger partial charge < -0.3 is 15.0 Å². The van der Waals surface area contributed by atoms with Gasteiger partial charge in [0.15, 0.2) is 0 Å². The predicted molar refractivity (Wildman–Crippen MR) is 124 cm³/mol. The van der Waals surface area contributed by atoms with E-state index in [4.69, 9.17) is 5.11 Å². The van der Waals surface area contributed by atoms with E-state index < -0.39 is 5.97 Å². The van der Waals surface area contributed by atoms with Crippen LogP contribution in [0.15, 0.2) is 47.3 Å². The molecule has 0 saturated heterocycles. The molecule has 1 aromatic carbocycles. The number of carbonyl (C=O) groups is 1. The van der Waals surface area contributed by atoms with Crippen molar-refractivity contribution in [3.8, 4) is 10.7 Å². The van der Waals surface area contributed by atoms with Gasteiger partial charge in [-0.15, -0.1) is 34.4 Å². The number of H-pyrrole nitrogens is 1. The Kier molecular flexibility index (Phi) is 6.22. The molecule has 8 heteroatoms. The Bertz CT molecular complexity index is 1100. The zero-order valence-corrected chi connectivity index (χ0v) is 18.4. The molecule has 0 amide bonds. The zero-order chi connectivity index (χ0) is 20.2. The van der Waals surface area contributed by atoms with Crippen molar-refractivity contribution in [2.75, 3.05) is 24.2 Å². The summed E-state index contributed by atoms with van der Waals surface area (Å²) in [6.45, 7) is 0.887. The first-order valence-electron chi connectivity index (χ1n) is 9.19. The van der Waals surface area contributed by atoms with Gasteiger partial charge >= 0.3 is 5.97 Å². The van der Waals surface area contributed by atoms with Crippen LogP contribution < -0.4 is 4.90 Å². The van der Waals surface area contributed by atoms with Gasteiger partial charge in [0.1, 0.15) is 5.01 Å². The van der Waals surface area contributed by atoms with Gasteiger partial charge in [-0.3, -0.25) is 4.79 Å². The molecule has 0 aliphatic rings. The van der Waals surface area contributed by atoms with E-state index in [1.807, 2.05) is 11.6 Å². The highest BCUT2D eigenvalue weighted by Gasteiger charge is 2.13. The van der Waals surface area contributed by atoms with Crippen molar-refractivity contribution >= 4 is 57.0 Å². The minimum absolute atomic E-state index is 0.146. The van der Waals surface area contributed by atoms with Crippen molar-refractivity contribution in [3.63, 3.8) is 0 Å². The molecule has 0 spiro atoms. The van der Waals surface area contributed by atoms with E-state index >= 15 is 0 Å². The van der Waals surface area contributed by atoms with Crippen molar-refractivity contribution in [2.24, 2.45) is 0 Å². The Morgan fingerprint density at radius 3 is 2.97 bits per heavy atom. The second-order valence-electron chi connectivity index (χ2n) is 6.69. The van der Waals surface area contributed by atoms with Crippen LogP contribution in [0.25, 0.3) is 21.6 Å². The van der Waals surface area contributed by atoms with Crippen molar-refractivity contribution < 1.29 is 9.90 Å². The molecule has 0 bridgehead atoms. The van der Waals surface area contributed by atoms with Crippen LogP contribution in [-0.2, 0) is 17.0 Å². The van der Waals surface area contributed by atoms with Crippen molar-refractivity contribution in [2.45, 2.75) is 12.2 Å². The van der Waals surface area contributed by atoms with Crippen LogP contribution in [0.2, 0.25) is 0 Å². The van der Waals surface area contributed by atoms with Crippen LogP contribution in [-0.4, -0.2) is 40.4 Å². The molecule has 0 atom stereocenters. The van der Waals surface area contributed by atoms with Gasteiger partial charge in [-0.25, -0.2) is 4.98 Å². The summed E-state index contributed by atoms with van der Waals surface area (Å²) >= 11 is 4.79. The number of thiazole rings is 1. The number of rotatable bonds is 9. The molecule has 3 heterocycles. The maximum absolute atomic E-state index is 10.7. The van der Waals surface area contributed by atoms with E-state index in [2.05, 4.69) is 57.6 Å². The molecule has 0 aliphatic heterocycles. The number of fused-ring (bicyclic) bond motifs is 1. The summed E-state index contributed by atoms with van der Waals surface area (Å²) < 4.78 is 0. The Labute approximate surface area is 181 Å². The third kappa shape index (κ3) is 4.66. The van der Waals surface area contributed by atoms with Crippen LogP contribution in [0.1, 0.15) is 10.4 Å². The average Bonchev–Trinajstić information content (AvgIpc) is 3.44. The quantitative estimate of drug-likeness (QED) is 0.365. The lowest BCUT2D eigenvalue weighted by Gasteiger charge is -2.20. The van der Waals surface area contributed by atoms with Crippen molar-refractivity contribution in [3.05, 3.63) is 57.7 Å². The Morgan fingerprint density at radius 1 is 1.28 bits per heavy atom. The number of carboxylic acid groups (broad SMARTS) is 1. The predicted octanol–water partition coefficient (Wildman–Crippen LogP) is 5.35. The summed E-state index contributed by atoms with van der Waals surface area (Å²) in [6.07, 6.45) is 2.76. The third-order valence-electron chi connectivity index (χ3n) is 4.72. The number of likely N-dealkylation sites (N-methyl/N-ethyl adjacent to an activating group) is 1. The number of aromatic nitrogens is 2. The first-order chi connectivity index (χ1) is 14.1. The third-order valence-corrected chi connectivity index (χ3v) is 7.62. The number of thiophene rings is 1. The number of aromatic amines is 1. The summed E-state index contributed by atoms with van der Waals surface area (Å²) in [7, 11) is 2.11. The molecular formula is C21H21N3O2S3. The van der Waals surface area contributed by atoms with E-state index in [0.29, 0.717) is 0 Å². The van der Waals surface area contributed by atoms with Crippen molar-refractivity contribution in [1.82, 2.24) is 9.97 Å². The smallest absolute Gasteiger partial charge is 0.313 e. The number of para-hydroxylation sites is 1. The average molecular weight is 444 g/mol. The van der Waals surface area contributed by atoms with Crippen LogP contribution in [0.4, 0.5) is 5.69 Å². The fourth-order valence-corrected chi connectivity index (χ4v) is 5.78. The van der Waals surface area contributed by atoms with Gasteiger partial charge in [0.05, 0.1) is 22.7 Å². The van der Waals surface area contributed by atoms with E-state index in [1.165, 1.54) is 33.3 Å². The number of anilines is 1. The maximum Gasteiger partial charge on any atom is 0.313 e. The molecule has 0 radical (unpaired) electrons. The highest BCUT2D eigenvalue weighted by molar-refractivity contribution is 7.99. The lowest BCUT2D eigenvalue weighted by Crippen LogP contribution is -2.20. The van der Waals surface area contributed by atoms with Gasteiger partial charge in [0.25, 0.3) is 0 Å². The molecule has 150 valence electrons. The van der Waals surface area contributed by atoms with E-state index in [0.717, 1.165) is 34.9 Å². The summed E-state index contributed by atoms with van der Waals surface area (Å²) in [5, 5.41) is 15.1. The standard InChI is InChI=1S/C21H21N3O2S3/c1-24(8-5-14-6-9-28-18(14)12-27-13-19(25)26)17-4-2-3-15-11-16(23-20(15)17)21-22-7-10-29-21/h2-4,6-7,9-11,23H,5,8,12-13H2,1H3,(H,25,26). The fourth-order valence-electron chi connectivity index (χ4n) is 3.29. The summed E-state index contributed by atoms with van der Waals surface area (Å²) in [5.41, 5.74) is 4.65. The Morgan fingerprint density at radius 2 is 2.17 bits per heavy atom. The largest absolute Gasteiger partial charge is 0.481 e. The molecule has 4 rings (SSSR count). The van der Waals surface area contributed by atoms with E-state index in [1.54, 1.807) is 22.7 Å². The molecule has 29 heavy (non-hydrogen) atoms. The van der Waals surface area contributed by atoms with Crippen LogP contribution in [0.3, 0.4) is 0 Å². The fraction of sp³-hybridized carbons (Fsp3) is 0.238. The Hall–Kier alpha value is -2.29. The van der Waals surface area contributed by atoms with Crippen LogP contribution in [0, 0.1) is 0 Å². The van der Waals surface area contributed by atoms with Crippen LogP contribution in [0.5, 0.6) is 0 Å². The molecule has 0 saturated carbocycles. The number of benzene rings is 1. The van der Waals surface area contributed by atoms with Gasteiger partial charge in [0.2, 0.25) is 0 Å². The number of nitrogens with zero attached hydrogens (tertiary/aromatic N) is 2. The molecule has 2 N–H and O–H groups in total. The number of nitrogens with one attached hydrogen (secondary N) is 1. The highest BCUT2D eigenvalue weighted by Crippen LogP contribution is 2.31. The summed E-state index contributed by atoms with van der Waals surface area (Å²) in [5.74, 6) is 0.142. The zero-order valence-electron chi connectivity index (χ0n) is 15.9. The molecular weight excluding hydrogens is 422 g/mol. The lowest BCUT2D eigenvalue weighted by molar-refractivity contribution is -0.133.